The first-order valence-electron chi connectivity index (χ1n) is 5.02. The van der Waals surface area contributed by atoms with E-state index >= 15 is 0 Å². The third-order valence-corrected chi connectivity index (χ3v) is 2.98. The van der Waals surface area contributed by atoms with Crippen LogP contribution in [0.5, 0.6) is 0 Å². The van der Waals surface area contributed by atoms with E-state index < -0.39 is 18.0 Å². The summed E-state index contributed by atoms with van der Waals surface area (Å²) < 4.78 is 30.4. The molecule has 0 aliphatic rings. The molecule has 0 fully saturated rings. The van der Waals surface area contributed by atoms with E-state index in [1.807, 2.05) is 0 Å². The highest BCUT2D eigenvalue weighted by Crippen LogP contribution is 2.28. The van der Waals surface area contributed by atoms with Gasteiger partial charge in [0.25, 0.3) is 6.43 Å². The number of esters is 1. The minimum absolute atomic E-state index is 0.0618. The zero-order valence-electron chi connectivity index (χ0n) is 9.41. The van der Waals surface area contributed by atoms with Crippen LogP contribution in [0.2, 0.25) is 0 Å². The van der Waals surface area contributed by atoms with Crippen LogP contribution < -0.4 is 0 Å². The summed E-state index contributed by atoms with van der Waals surface area (Å²) in [6, 6.07) is 1.70. The van der Waals surface area contributed by atoms with Crippen molar-refractivity contribution in [1.82, 2.24) is 4.98 Å². The second-order valence-corrected chi connectivity index (χ2v) is 4.28. The average Bonchev–Trinajstić information content (AvgIpc) is 2.30. The standard InChI is InChI=1S/C11H9F2IN2O2/c1-2-18-8(17)3-6-5-16-11(14)9(10(12)13)7(6)4-15/h5,10H,2-3H2,1H3. The summed E-state index contributed by atoms with van der Waals surface area (Å²) in [5.74, 6) is -0.572. The maximum Gasteiger partial charge on any atom is 0.310 e. The minimum Gasteiger partial charge on any atom is -0.466 e. The second-order valence-electron chi connectivity index (χ2n) is 3.26. The van der Waals surface area contributed by atoms with Gasteiger partial charge in [0, 0.05) is 6.20 Å². The van der Waals surface area contributed by atoms with E-state index in [0.717, 1.165) is 0 Å². The van der Waals surface area contributed by atoms with Gasteiger partial charge in [0.2, 0.25) is 0 Å². The number of hydrogen-bond donors (Lipinski definition) is 0. The number of pyridine rings is 1. The fourth-order valence-electron chi connectivity index (χ4n) is 1.38. The molecule has 1 aromatic rings. The molecule has 1 rings (SSSR count). The van der Waals surface area contributed by atoms with Crippen molar-refractivity contribution in [3.05, 3.63) is 26.6 Å². The Labute approximate surface area is 116 Å². The zero-order chi connectivity index (χ0) is 13.7. The summed E-state index contributed by atoms with van der Waals surface area (Å²) in [5.41, 5.74) is -0.469. The maximum absolute atomic E-state index is 12.8. The molecule has 0 unspecified atom stereocenters. The quantitative estimate of drug-likeness (QED) is 0.467. The van der Waals surface area contributed by atoms with Crippen molar-refractivity contribution >= 4 is 28.6 Å². The van der Waals surface area contributed by atoms with Crippen molar-refractivity contribution in [3.63, 3.8) is 0 Å². The highest BCUT2D eigenvalue weighted by Gasteiger charge is 2.22. The van der Waals surface area contributed by atoms with E-state index in [2.05, 4.69) is 4.98 Å². The lowest BCUT2D eigenvalue weighted by Gasteiger charge is -2.09. The van der Waals surface area contributed by atoms with Crippen LogP contribution in [0.3, 0.4) is 0 Å². The topological polar surface area (TPSA) is 63.0 Å². The van der Waals surface area contributed by atoms with Gasteiger partial charge < -0.3 is 4.74 Å². The second kappa shape index (κ2) is 6.58. The van der Waals surface area contributed by atoms with Crippen LogP contribution in [-0.2, 0) is 16.0 Å². The Morgan fingerprint density at radius 2 is 2.33 bits per heavy atom. The van der Waals surface area contributed by atoms with Crippen molar-refractivity contribution in [1.29, 1.82) is 5.26 Å². The van der Waals surface area contributed by atoms with E-state index in [1.54, 1.807) is 35.6 Å². The SMILES string of the molecule is CCOC(=O)Cc1cnc(I)c(C(F)F)c1C#N. The Bertz CT molecular complexity index is 501. The molecule has 0 radical (unpaired) electrons. The molecule has 18 heavy (non-hydrogen) atoms. The van der Waals surface area contributed by atoms with E-state index in [-0.39, 0.29) is 27.9 Å². The van der Waals surface area contributed by atoms with Crippen LogP contribution in [0, 0.1) is 15.0 Å². The molecule has 0 saturated carbocycles. The molecule has 1 aromatic heterocycles. The Morgan fingerprint density at radius 1 is 1.67 bits per heavy atom. The number of carbonyl (C=O) groups excluding carboxylic acids is 1. The summed E-state index contributed by atoms with van der Waals surface area (Å²) >= 11 is 1.63. The van der Waals surface area contributed by atoms with E-state index in [9.17, 15) is 13.6 Å². The normalized spacial score (nSPS) is 10.2. The molecule has 7 heteroatoms. The summed E-state index contributed by atoms with van der Waals surface area (Å²) in [6.07, 6.45) is -1.79. The van der Waals surface area contributed by atoms with Gasteiger partial charge in [0.05, 0.1) is 24.2 Å². The number of halogens is 3. The summed E-state index contributed by atoms with van der Waals surface area (Å²) in [6.45, 7) is 1.83. The molecule has 0 aliphatic heterocycles. The van der Waals surface area contributed by atoms with Gasteiger partial charge >= 0.3 is 5.97 Å². The van der Waals surface area contributed by atoms with Gasteiger partial charge in [-0.15, -0.1) is 0 Å². The number of nitrogens with zero attached hydrogens (tertiary/aromatic N) is 2. The van der Waals surface area contributed by atoms with Crippen molar-refractivity contribution in [3.8, 4) is 6.07 Å². The van der Waals surface area contributed by atoms with Crippen molar-refractivity contribution in [2.24, 2.45) is 0 Å². The van der Waals surface area contributed by atoms with Crippen molar-refractivity contribution in [2.75, 3.05) is 6.61 Å². The molecule has 0 bridgehead atoms. The molecule has 0 saturated heterocycles. The lowest BCUT2D eigenvalue weighted by molar-refractivity contribution is -0.142. The van der Waals surface area contributed by atoms with Crippen LogP contribution in [-0.4, -0.2) is 17.6 Å². The third kappa shape index (κ3) is 3.35. The number of hydrogen-bond acceptors (Lipinski definition) is 4. The highest BCUT2D eigenvalue weighted by molar-refractivity contribution is 14.1. The van der Waals surface area contributed by atoms with Crippen LogP contribution in [0.25, 0.3) is 0 Å². The van der Waals surface area contributed by atoms with Gasteiger partial charge in [-0.2, -0.15) is 5.26 Å². The lowest BCUT2D eigenvalue weighted by atomic mass is 10.0. The first-order chi connectivity index (χ1) is 8.51. The number of aromatic nitrogens is 1. The molecule has 0 spiro atoms. The first-order valence-corrected chi connectivity index (χ1v) is 6.10. The molecule has 1 heterocycles. The predicted octanol–water partition coefficient (Wildman–Crippen LogP) is 2.60. The molecule has 0 aromatic carbocycles. The molecular formula is C11H9F2IN2O2. The molecule has 0 aliphatic carbocycles. The molecule has 96 valence electrons. The number of nitriles is 1. The van der Waals surface area contributed by atoms with Crippen LogP contribution >= 0.6 is 22.6 Å². The monoisotopic (exact) mass is 366 g/mol. The van der Waals surface area contributed by atoms with Crippen molar-refractivity contribution < 1.29 is 18.3 Å². The number of carbonyl (C=O) groups is 1. The predicted molar refractivity (Wildman–Crippen MR) is 67.0 cm³/mol. The van der Waals surface area contributed by atoms with Gasteiger partial charge in [0.15, 0.2) is 0 Å². The largest absolute Gasteiger partial charge is 0.466 e. The Balaban J connectivity index is 3.18. The number of ether oxygens (including phenoxy) is 1. The minimum atomic E-state index is -2.80. The fraction of sp³-hybridized carbons (Fsp3) is 0.364. The van der Waals surface area contributed by atoms with Crippen LogP contribution in [0.4, 0.5) is 8.78 Å². The van der Waals surface area contributed by atoms with Crippen LogP contribution in [0.1, 0.15) is 30.0 Å². The van der Waals surface area contributed by atoms with Gasteiger partial charge in [0.1, 0.15) is 9.77 Å². The molecule has 0 N–H and O–H groups in total. The van der Waals surface area contributed by atoms with Gasteiger partial charge in [-0.1, -0.05) is 0 Å². The van der Waals surface area contributed by atoms with E-state index in [0.29, 0.717) is 0 Å². The molecule has 0 atom stereocenters. The van der Waals surface area contributed by atoms with Gasteiger partial charge in [-0.05, 0) is 35.1 Å². The molecule has 0 amide bonds. The molecular weight excluding hydrogens is 357 g/mol. The van der Waals surface area contributed by atoms with Crippen molar-refractivity contribution in [2.45, 2.75) is 19.8 Å². The third-order valence-electron chi connectivity index (χ3n) is 2.12. The first kappa shape index (κ1) is 14.8. The smallest absolute Gasteiger partial charge is 0.310 e. The zero-order valence-corrected chi connectivity index (χ0v) is 11.6. The fourth-order valence-corrected chi connectivity index (χ4v) is 2.02. The Morgan fingerprint density at radius 3 is 2.83 bits per heavy atom. The highest BCUT2D eigenvalue weighted by atomic mass is 127. The van der Waals surface area contributed by atoms with E-state index in [1.165, 1.54) is 6.20 Å². The van der Waals surface area contributed by atoms with Gasteiger partial charge in [-0.25, -0.2) is 13.8 Å². The van der Waals surface area contributed by atoms with E-state index in [4.69, 9.17) is 10.00 Å². The Kier molecular flexibility index (Phi) is 5.40. The number of rotatable bonds is 4. The summed E-state index contributed by atoms with van der Waals surface area (Å²) in [4.78, 5) is 15.1. The summed E-state index contributed by atoms with van der Waals surface area (Å²) in [7, 11) is 0. The maximum atomic E-state index is 12.8. The Hall–Kier alpha value is -1.30. The molecule has 4 nitrogen and oxygen atoms in total. The average molecular weight is 366 g/mol. The van der Waals surface area contributed by atoms with Crippen LogP contribution in [0.15, 0.2) is 6.20 Å². The lowest BCUT2D eigenvalue weighted by Crippen LogP contribution is -2.11. The van der Waals surface area contributed by atoms with Gasteiger partial charge in [-0.3, -0.25) is 4.79 Å². The summed E-state index contributed by atoms with van der Waals surface area (Å²) in [5, 5.41) is 8.95. The number of alkyl halides is 2.